The summed E-state index contributed by atoms with van der Waals surface area (Å²) >= 11 is 0. The van der Waals surface area contributed by atoms with Gasteiger partial charge in [-0.3, -0.25) is 9.59 Å². The van der Waals surface area contributed by atoms with E-state index in [4.69, 9.17) is 19.7 Å². The van der Waals surface area contributed by atoms with Crippen molar-refractivity contribution >= 4 is 28.9 Å². The van der Waals surface area contributed by atoms with Gasteiger partial charge in [-0.25, -0.2) is 15.0 Å². The number of carbonyl (C=O) groups excluding carboxylic acids is 2. The zero-order chi connectivity index (χ0) is 36.0. The van der Waals surface area contributed by atoms with Crippen LogP contribution in [0.5, 0.6) is 0 Å². The van der Waals surface area contributed by atoms with Gasteiger partial charge in [0.25, 0.3) is 0 Å². The molecular formula is C37H39F3N6O4. The maximum Gasteiger partial charge on any atom is 0.433 e. The zero-order valence-electron chi connectivity index (χ0n) is 29.0. The molecule has 0 amide bonds. The number of carbonyl (C=O) groups is 2. The number of aliphatic imine (C=N–C) groups is 3. The van der Waals surface area contributed by atoms with Crippen LogP contribution in [0.3, 0.4) is 0 Å². The van der Waals surface area contributed by atoms with E-state index in [0.717, 1.165) is 40.7 Å². The molecular weight excluding hydrogens is 649 g/mol. The van der Waals surface area contributed by atoms with Crippen LogP contribution >= 0.6 is 0 Å². The van der Waals surface area contributed by atoms with Crippen molar-refractivity contribution in [2.24, 2.45) is 26.8 Å². The highest BCUT2D eigenvalue weighted by Crippen LogP contribution is 2.47. The Morgan fingerprint density at radius 3 is 2.42 bits per heavy atom. The lowest BCUT2D eigenvalue weighted by Gasteiger charge is -2.30. The lowest BCUT2D eigenvalue weighted by Crippen LogP contribution is -2.55. The number of methoxy groups -OCH3 is 1. The molecule has 1 aliphatic carbocycles. The van der Waals surface area contributed by atoms with E-state index in [9.17, 15) is 27.9 Å². The molecule has 13 heteroatoms. The van der Waals surface area contributed by atoms with Crippen LogP contribution < -0.4 is 10.7 Å². The fraction of sp³-hybridized carbons (Fsp3) is 0.432. The molecule has 7 aliphatic rings. The molecule has 10 nitrogen and oxygen atoms in total. The molecule has 0 radical (unpaired) electrons. The summed E-state index contributed by atoms with van der Waals surface area (Å²) in [4.78, 5) is 40.8. The van der Waals surface area contributed by atoms with E-state index < -0.39 is 18.3 Å². The first kappa shape index (κ1) is 33.9. The first-order valence-corrected chi connectivity index (χ1v) is 16.8. The number of rotatable bonds is 4. The third-order valence-corrected chi connectivity index (χ3v) is 11.0. The molecule has 2 saturated heterocycles. The quantitative estimate of drug-likeness (QED) is 0.323. The normalized spacial score (nSPS) is 29.4. The molecule has 50 heavy (non-hydrogen) atoms. The number of hydrazine groups is 1. The highest BCUT2D eigenvalue weighted by Gasteiger charge is 2.61. The average molecular weight is 689 g/mol. The number of ether oxygens (including phenoxy) is 1. The van der Waals surface area contributed by atoms with Crippen molar-refractivity contribution in [3.63, 3.8) is 0 Å². The molecule has 0 spiro atoms. The Morgan fingerprint density at radius 2 is 1.76 bits per heavy atom. The average Bonchev–Trinajstić information content (AvgIpc) is 3.86. The van der Waals surface area contributed by atoms with Gasteiger partial charge in [-0.1, -0.05) is 13.8 Å². The van der Waals surface area contributed by atoms with Crippen LogP contribution in [-0.4, -0.2) is 65.1 Å². The van der Waals surface area contributed by atoms with Crippen molar-refractivity contribution in [3.8, 4) is 0 Å². The maximum absolute atomic E-state index is 14.1. The Kier molecular flexibility index (Phi) is 7.94. The zero-order valence-corrected chi connectivity index (χ0v) is 29.0. The van der Waals surface area contributed by atoms with Gasteiger partial charge < -0.3 is 20.6 Å². The van der Waals surface area contributed by atoms with Gasteiger partial charge in [0.15, 0.2) is 5.78 Å². The lowest BCUT2D eigenvalue weighted by atomic mass is 9.86. The predicted octanol–water partition coefficient (Wildman–Crippen LogP) is 5.71. The lowest BCUT2D eigenvalue weighted by molar-refractivity contribution is -0.306. The summed E-state index contributed by atoms with van der Waals surface area (Å²) in [7, 11) is 2.51. The number of fused-ring (bicyclic) bond motifs is 5. The van der Waals surface area contributed by atoms with Crippen molar-refractivity contribution in [1.82, 2.24) is 15.8 Å². The molecule has 3 fully saturated rings. The second kappa shape index (κ2) is 11.7. The number of aliphatic hydroxyl groups is 1. The van der Waals surface area contributed by atoms with Gasteiger partial charge >= 0.3 is 12.1 Å². The molecule has 262 valence electrons. The number of allylic oxidation sites excluding steroid dienone is 12. The van der Waals surface area contributed by atoms with E-state index in [-0.39, 0.29) is 42.1 Å². The third-order valence-electron chi connectivity index (χ3n) is 11.0. The van der Waals surface area contributed by atoms with Crippen LogP contribution in [0.25, 0.3) is 0 Å². The van der Waals surface area contributed by atoms with E-state index >= 15 is 0 Å². The van der Waals surface area contributed by atoms with Gasteiger partial charge in [-0.2, -0.15) is 18.2 Å². The summed E-state index contributed by atoms with van der Waals surface area (Å²) in [5.41, 5.74) is 10.1. The molecule has 0 aromatic carbocycles. The van der Waals surface area contributed by atoms with Crippen molar-refractivity contribution in [1.29, 1.82) is 0 Å². The minimum atomic E-state index is -4.92. The molecule has 1 saturated carbocycles. The molecule has 3 atom stereocenters. The third kappa shape index (κ3) is 5.04. The van der Waals surface area contributed by atoms with Crippen molar-refractivity contribution in [2.75, 3.05) is 14.2 Å². The SMILES string of the molecule is CCC1=C(C)C2=CC3=NC(=C(C)/C3=C3\CC(O)(C(F)(F)F)N(C)N3)C=C3NC(=C4CC(=O)C5=C(C)C(=CC1=N2)N=C45)[C@@H](CCC(=O)OC)[C@@H]3C. The second-order valence-corrected chi connectivity index (χ2v) is 13.7. The highest BCUT2D eigenvalue weighted by atomic mass is 19.4. The first-order valence-electron chi connectivity index (χ1n) is 16.8. The smallest absolute Gasteiger partial charge is 0.433 e. The van der Waals surface area contributed by atoms with Gasteiger partial charge in [0.05, 0.1) is 41.3 Å². The van der Waals surface area contributed by atoms with E-state index in [1.54, 1.807) is 13.0 Å². The molecule has 7 rings (SSSR count). The first-order chi connectivity index (χ1) is 23.6. The number of Topliss-reactive ketones (excluding diaryl/α,β-unsaturated/α-hetero) is 1. The number of halogens is 3. The summed E-state index contributed by atoms with van der Waals surface area (Å²) in [5, 5.41) is 15.0. The van der Waals surface area contributed by atoms with Crippen LogP contribution in [0, 0.1) is 11.8 Å². The number of nitrogens with one attached hydrogen (secondary N) is 2. The second-order valence-electron chi connectivity index (χ2n) is 13.7. The minimum Gasteiger partial charge on any atom is -0.469 e. The van der Waals surface area contributed by atoms with Crippen molar-refractivity contribution < 1.29 is 32.6 Å². The molecule has 8 bridgehead atoms. The summed E-state index contributed by atoms with van der Waals surface area (Å²) in [6.07, 6.45) is 1.39. The Hall–Kier alpha value is -4.62. The molecule has 0 aromatic heterocycles. The summed E-state index contributed by atoms with van der Waals surface area (Å²) < 4.78 is 47.3. The topological polar surface area (TPSA) is 128 Å². The molecule has 6 aliphatic heterocycles. The van der Waals surface area contributed by atoms with Crippen molar-refractivity contribution in [3.05, 3.63) is 91.4 Å². The van der Waals surface area contributed by atoms with Gasteiger partial charge in [0.1, 0.15) is 0 Å². The highest BCUT2D eigenvalue weighted by molar-refractivity contribution is 6.38. The molecule has 3 N–H and O–H groups in total. The predicted molar refractivity (Wildman–Crippen MR) is 182 cm³/mol. The standard InChI is InChI=1S/C37H39F3N6O4/c1-8-20-16(2)23-14-28-32(29-15-36(49,37(38,39)40)46(6)45-29)18(4)25(42-28)12-24-17(3)21(9-10-31(48)50-7)34(43-24)22-11-30(47)33-19(5)26(44-35(22)33)13-27(20)41-23/h12-14,17,21,43,45,49H,8-11,15H2,1-7H3/b23-14?,24-12?,26-13?,32-29-,34-22?/t17-,21-,36?/m0/s1. The number of nitrogens with zero attached hydrogens (tertiary/aromatic N) is 4. The van der Waals surface area contributed by atoms with E-state index in [1.165, 1.54) is 7.11 Å². The fourth-order valence-corrected chi connectivity index (χ4v) is 7.98. The Balaban J connectivity index is 1.47. The number of hydrogen-bond acceptors (Lipinski definition) is 10. The van der Waals surface area contributed by atoms with Gasteiger partial charge in [0.2, 0.25) is 5.72 Å². The number of hydrogen-bond donors (Lipinski definition) is 3. The fourth-order valence-electron chi connectivity index (χ4n) is 7.98. The Bertz CT molecular complexity index is 2030. The van der Waals surface area contributed by atoms with E-state index in [2.05, 4.69) is 10.7 Å². The van der Waals surface area contributed by atoms with Crippen LogP contribution in [-0.2, 0) is 14.3 Å². The maximum atomic E-state index is 14.1. The van der Waals surface area contributed by atoms with Crippen LogP contribution in [0.2, 0.25) is 0 Å². The largest absolute Gasteiger partial charge is 0.469 e. The van der Waals surface area contributed by atoms with Gasteiger partial charge in [-0.15, -0.1) is 0 Å². The summed E-state index contributed by atoms with van der Waals surface area (Å²) in [6, 6.07) is 0. The molecule has 0 aromatic rings. The minimum absolute atomic E-state index is 0.0176. The van der Waals surface area contributed by atoms with E-state index in [1.807, 2.05) is 39.8 Å². The Morgan fingerprint density at radius 1 is 1.06 bits per heavy atom. The van der Waals surface area contributed by atoms with E-state index in [0.29, 0.717) is 68.8 Å². The molecule has 6 heterocycles. The van der Waals surface area contributed by atoms with Crippen LogP contribution in [0.15, 0.2) is 106 Å². The number of alkyl halides is 3. The summed E-state index contributed by atoms with van der Waals surface area (Å²) in [5.74, 6) is -0.676. The molecule has 1 unspecified atom stereocenters. The van der Waals surface area contributed by atoms with Gasteiger partial charge in [0, 0.05) is 72.0 Å². The number of esters is 1. The Labute approximate surface area is 288 Å². The monoisotopic (exact) mass is 688 g/mol. The van der Waals surface area contributed by atoms with Gasteiger partial charge in [-0.05, 0) is 74.1 Å². The van der Waals surface area contributed by atoms with Crippen LogP contribution in [0.1, 0.15) is 66.7 Å². The van der Waals surface area contributed by atoms with Crippen LogP contribution in [0.4, 0.5) is 13.2 Å². The number of ketones is 1. The van der Waals surface area contributed by atoms with Crippen molar-refractivity contribution in [2.45, 2.75) is 78.6 Å². The summed E-state index contributed by atoms with van der Waals surface area (Å²) in [6.45, 7) is 9.71.